The molecule has 10 heavy (non-hydrogen) atoms. The first kappa shape index (κ1) is 9.01. The summed E-state index contributed by atoms with van der Waals surface area (Å²) in [5, 5.41) is 0. The number of methoxy groups -OCH3 is 1. The maximum atomic E-state index is 10.7. The fraction of sp³-hybridized carbons (Fsp3) is 0.571. The molecule has 58 valence electrons. The van der Waals surface area contributed by atoms with E-state index in [1.54, 1.807) is 18.0 Å². The van der Waals surface area contributed by atoms with Gasteiger partial charge in [-0.3, -0.25) is 0 Å². The summed E-state index contributed by atoms with van der Waals surface area (Å²) in [5.74, 6) is -0.284. The van der Waals surface area contributed by atoms with Gasteiger partial charge in [-0.2, -0.15) is 0 Å². The second kappa shape index (κ2) is 3.93. The van der Waals surface area contributed by atoms with Crippen LogP contribution in [0.3, 0.4) is 0 Å². The highest BCUT2D eigenvalue weighted by Crippen LogP contribution is 1.95. The Balaban J connectivity index is 4.05. The zero-order chi connectivity index (χ0) is 8.15. The minimum Gasteiger partial charge on any atom is -0.466 e. The lowest BCUT2D eigenvalue weighted by Crippen LogP contribution is -2.08. The quantitative estimate of drug-likeness (QED) is 0.419. The number of nitrogens with zero attached hydrogens (tertiary/aromatic N) is 1. The second-order valence-electron chi connectivity index (χ2n) is 2.27. The van der Waals surface area contributed by atoms with Crippen LogP contribution in [0.1, 0.15) is 6.92 Å². The van der Waals surface area contributed by atoms with E-state index >= 15 is 0 Å². The summed E-state index contributed by atoms with van der Waals surface area (Å²) in [6, 6.07) is 0. The lowest BCUT2D eigenvalue weighted by Gasteiger charge is -2.05. The molecule has 0 heterocycles. The van der Waals surface area contributed by atoms with Gasteiger partial charge in [0.25, 0.3) is 0 Å². The van der Waals surface area contributed by atoms with Crippen LogP contribution in [0.4, 0.5) is 0 Å². The Morgan fingerprint density at radius 3 is 2.30 bits per heavy atom. The third kappa shape index (κ3) is 3.12. The molecule has 0 aliphatic rings. The predicted molar refractivity (Wildman–Crippen MR) is 39.5 cm³/mol. The Kier molecular flexibility index (Phi) is 3.54. The first-order valence-corrected chi connectivity index (χ1v) is 3.01. The molecule has 0 aromatic heterocycles. The van der Waals surface area contributed by atoms with Gasteiger partial charge in [0, 0.05) is 25.9 Å². The van der Waals surface area contributed by atoms with Crippen LogP contribution < -0.4 is 0 Å². The molecule has 0 saturated carbocycles. The molecule has 0 amide bonds. The number of hydrogen-bond acceptors (Lipinski definition) is 3. The minimum absolute atomic E-state index is 0.284. The predicted octanol–water partition coefficient (Wildman–Crippen LogP) is 0.625. The highest BCUT2D eigenvalue weighted by atomic mass is 16.5. The molecule has 0 aliphatic heterocycles. The lowest BCUT2D eigenvalue weighted by atomic mass is 10.3. The zero-order valence-electron chi connectivity index (χ0n) is 6.84. The summed E-state index contributed by atoms with van der Waals surface area (Å²) in [6.07, 6.45) is 1.71. The van der Waals surface area contributed by atoms with Crippen LogP contribution in [-0.4, -0.2) is 32.1 Å². The lowest BCUT2D eigenvalue weighted by molar-refractivity contribution is -0.136. The zero-order valence-corrected chi connectivity index (χ0v) is 6.84. The summed E-state index contributed by atoms with van der Waals surface area (Å²) >= 11 is 0. The molecule has 0 atom stereocenters. The average Bonchev–Trinajstić information content (AvgIpc) is 1.85. The molecule has 0 aliphatic carbocycles. The van der Waals surface area contributed by atoms with Crippen molar-refractivity contribution in [2.24, 2.45) is 0 Å². The van der Waals surface area contributed by atoms with E-state index in [9.17, 15) is 4.79 Å². The van der Waals surface area contributed by atoms with Gasteiger partial charge < -0.3 is 9.64 Å². The summed E-state index contributed by atoms with van der Waals surface area (Å²) in [4.78, 5) is 12.5. The summed E-state index contributed by atoms with van der Waals surface area (Å²) < 4.78 is 4.48. The molecule has 0 N–H and O–H groups in total. The second-order valence-corrected chi connectivity index (χ2v) is 2.27. The minimum atomic E-state index is -0.284. The number of ether oxygens (including phenoxy) is 1. The molecule has 0 rings (SSSR count). The van der Waals surface area contributed by atoms with Gasteiger partial charge >= 0.3 is 5.97 Å². The van der Waals surface area contributed by atoms with Crippen molar-refractivity contribution in [1.82, 2.24) is 4.90 Å². The van der Waals surface area contributed by atoms with Crippen molar-refractivity contribution in [3.05, 3.63) is 11.8 Å². The van der Waals surface area contributed by atoms with Gasteiger partial charge in [-0.1, -0.05) is 0 Å². The van der Waals surface area contributed by atoms with Gasteiger partial charge in [-0.05, 0) is 6.92 Å². The molecule has 3 nitrogen and oxygen atoms in total. The molecule has 0 fully saturated rings. The van der Waals surface area contributed by atoms with Crippen molar-refractivity contribution < 1.29 is 9.53 Å². The first-order chi connectivity index (χ1) is 4.57. The van der Waals surface area contributed by atoms with E-state index in [0.29, 0.717) is 5.57 Å². The Hall–Kier alpha value is -0.990. The largest absolute Gasteiger partial charge is 0.466 e. The number of rotatable bonds is 2. The van der Waals surface area contributed by atoms with Crippen molar-refractivity contribution in [3.8, 4) is 0 Å². The molecule has 0 radical (unpaired) electrons. The maximum Gasteiger partial charge on any atom is 0.334 e. The molecule has 3 heteroatoms. The number of hydrogen-bond donors (Lipinski definition) is 0. The van der Waals surface area contributed by atoms with E-state index in [1.165, 1.54) is 7.11 Å². The third-order valence-corrected chi connectivity index (χ3v) is 0.959. The van der Waals surface area contributed by atoms with Crippen LogP contribution in [0.5, 0.6) is 0 Å². The highest BCUT2D eigenvalue weighted by molar-refractivity contribution is 5.87. The van der Waals surface area contributed by atoms with Crippen molar-refractivity contribution in [2.75, 3.05) is 21.2 Å². The van der Waals surface area contributed by atoms with Gasteiger partial charge in [0.15, 0.2) is 0 Å². The van der Waals surface area contributed by atoms with E-state index < -0.39 is 0 Å². The Morgan fingerprint density at radius 2 is 2.00 bits per heavy atom. The van der Waals surface area contributed by atoms with Crippen LogP contribution >= 0.6 is 0 Å². The van der Waals surface area contributed by atoms with Gasteiger partial charge in [-0.15, -0.1) is 0 Å². The van der Waals surface area contributed by atoms with Crippen LogP contribution in [-0.2, 0) is 9.53 Å². The molecular formula is C7H13NO2. The maximum absolute atomic E-state index is 10.7. The Bertz CT molecular complexity index is 150. The number of esters is 1. The summed E-state index contributed by atoms with van der Waals surface area (Å²) in [7, 11) is 5.08. The SMILES string of the molecule is COC(=O)/C(C)=C\N(C)C. The van der Waals surface area contributed by atoms with Crippen LogP contribution in [0.25, 0.3) is 0 Å². The third-order valence-electron chi connectivity index (χ3n) is 0.959. The molecule has 0 bridgehead atoms. The summed E-state index contributed by atoms with van der Waals surface area (Å²) in [6.45, 7) is 1.71. The Morgan fingerprint density at radius 1 is 1.50 bits per heavy atom. The van der Waals surface area contributed by atoms with Gasteiger partial charge in [0.05, 0.1) is 7.11 Å². The Labute approximate surface area is 61.3 Å². The van der Waals surface area contributed by atoms with Gasteiger partial charge in [-0.25, -0.2) is 4.79 Å². The van der Waals surface area contributed by atoms with Crippen molar-refractivity contribution >= 4 is 5.97 Å². The molecule has 0 aromatic carbocycles. The standard InChI is InChI=1S/C7H13NO2/c1-6(5-8(2)3)7(9)10-4/h5H,1-4H3/b6-5-. The highest BCUT2D eigenvalue weighted by Gasteiger charge is 2.01. The molecule has 0 spiro atoms. The van der Waals surface area contributed by atoms with E-state index in [0.717, 1.165) is 0 Å². The van der Waals surface area contributed by atoms with Crippen molar-refractivity contribution in [1.29, 1.82) is 0 Å². The van der Waals surface area contributed by atoms with E-state index in [1.807, 2.05) is 14.1 Å². The van der Waals surface area contributed by atoms with Gasteiger partial charge in [0.1, 0.15) is 0 Å². The van der Waals surface area contributed by atoms with Crippen LogP contribution in [0, 0.1) is 0 Å². The van der Waals surface area contributed by atoms with Crippen molar-refractivity contribution in [3.63, 3.8) is 0 Å². The van der Waals surface area contributed by atoms with Crippen LogP contribution in [0.15, 0.2) is 11.8 Å². The molecular weight excluding hydrogens is 130 g/mol. The van der Waals surface area contributed by atoms with Crippen LogP contribution in [0.2, 0.25) is 0 Å². The normalized spacial score (nSPS) is 11.0. The fourth-order valence-corrected chi connectivity index (χ4v) is 0.601. The monoisotopic (exact) mass is 143 g/mol. The topological polar surface area (TPSA) is 29.5 Å². The molecule has 0 saturated heterocycles. The first-order valence-electron chi connectivity index (χ1n) is 3.01. The van der Waals surface area contributed by atoms with Gasteiger partial charge in [0.2, 0.25) is 0 Å². The average molecular weight is 143 g/mol. The van der Waals surface area contributed by atoms with Crippen molar-refractivity contribution in [2.45, 2.75) is 6.92 Å². The fourth-order valence-electron chi connectivity index (χ4n) is 0.601. The van der Waals surface area contributed by atoms with E-state index in [4.69, 9.17) is 0 Å². The number of carbonyl (C=O) groups is 1. The smallest absolute Gasteiger partial charge is 0.334 e. The van der Waals surface area contributed by atoms with E-state index in [-0.39, 0.29) is 5.97 Å². The molecule has 0 unspecified atom stereocenters. The molecule has 0 aromatic rings. The van der Waals surface area contributed by atoms with E-state index in [2.05, 4.69) is 4.74 Å². The summed E-state index contributed by atoms with van der Waals surface area (Å²) in [5.41, 5.74) is 0.604. The number of carbonyl (C=O) groups excluding carboxylic acids is 1.